The highest BCUT2D eigenvalue weighted by molar-refractivity contribution is 8.10. The van der Waals surface area contributed by atoms with Crippen LogP contribution in [0.2, 0.25) is 0 Å². The van der Waals surface area contributed by atoms with Crippen LogP contribution < -0.4 is 3.71 Å². The summed E-state index contributed by atoms with van der Waals surface area (Å²) in [6, 6.07) is 10.4. The number of rotatable bonds is 6. The van der Waals surface area contributed by atoms with Gasteiger partial charge in [0.05, 0.1) is 17.6 Å². The number of alkyl halides is 3. The number of sulfonamides is 2. The van der Waals surface area contributed by atoms with Crippen molar-refractivity contribution in [2.45, 2.75) is 12.6 Å². The molecule has 0 aliphatic rings. The Hall–Kier alpha value is -2.18. The number of hydrogen-bond acceptors (Lipinski definition) is 5. The molecule has 0 N–H and O–H groups in total. The van der Waals surface area contributed by atoms with E-state index in [1.165, 1.54) is 6.07 Å². The lowest BCUT2D eigenvalue weighted by atomic mass is 10.1. The van der Waals surface area contributed by atoms with E-state index in [9.17, 15) is 34.4 Å². The fourth-order valence-corrected chi connectivity index (χ4v) is 7.93. The third-order valence-electron chi connectivity index (χ3n) is 4.13. The van der Waals surface area contributed by atoms with Crippen LogP contribution in [-0.2, 0) is 32.6 Å². The second kappa shape index (κ2) is 7.82. The molecule has 0 saturated heterocycles. The van der Waals surface area contributed by atoms with E-state index in [0.29, 0.717) is 25.9 Å². The molecular formula is C18H15F4NO4S3. The maximum absolute atomic E-state index is 13.4. The van der Waals surface area contributed by atoms with Crippen molar-refractivity contribution < 1.29 is 34.4 Å². The topological polar surface area (TPSA) is 71.5 Å². The second-order valence-corrected chi connectivity index (χ2v) is 11.5. The summed E-state index contributed by atoms with van der Waals surface area (Å²) < 4.78 is 103. The van der Waals surface area contributed by atoms with Crippen molar-refractivity contribution in [1.82, 2.24) is 0 Å². The van der Waals surface area contributed by atoms with E-state index >= 15 is 0 Å². The van der Waals surface area contributed by atoms with E-state index in [-0.39, 0.29) is 10.6 Å². The number of aryl methyl sites for hydroxylation is 1. The van der Waals surface area contributed by atoms with Crippen molar-refractivity contribution in [3.63, 3.8) is 0 Å². The summed E-state index contributed by atoms with van der Waals surface area (Å²) in [7, 11) is -8.71. The van der Waals surface area contributed by atoms with E-state index in [4.69, 9.17) is 0 Å². The van der Waals surface area contributed by atoms with Gasteiger partial charge in [0.1, 0.15) is 10.8 Å². The van der Waals surface area contributed by atoms with Crippen LogP contribution in [0.5, 0.6) is 0 Å². The first kappa shape index (κ1) is 22.5. The highest BCUT2D eigenvalue weighted by Crippen LogP contribution is 2.36. The minimum atomic E-state index is -4.94. The molecule has 162 valence electrons. The second-order valence-electron chi connectivity index (χ2n) is 6.46. The normalized spacial score (nSPS) is 13.0. The molecule has 1 heterocycles. The van der Waals surface area contributed by atoms with Crippen LogP contribution in [0, 0.1) is 5.82 Å². The summed E-state index contributed by atoms with van der Waals surface area (Å²) in [6.45, 7) is 0. The largest absolute Gasteiger partial charge is 0.419 e. The zero-order valence-corrected chi connectivity index (χ0v) is 17.8. The Morgan fingerprint density at radius 1 is 1.00 bits per heavy atom. The van der Waals surface area contributed by atoms with Crippen LogP contribution in [-0.4, -0.2) is 28.8 Å². The Labute approximate surface area is 174 Å². The van der Waals surface area contributed by atoms with Gasteiger partial charge in [-0.25, -0.2) is 21.2 Å². The highest BCUT2D eigenvalue weighted by atomic mass is 32.3. The van der Waals surface area contributed by atoms with Crippen LogP contribution >= 0.6 is 11.3 Å². The zero-order chi connectivity index (χ0) is 22.3. The van der Waals surface area contributed by atoms with E-state index in [1.54, 1.807) is 24.3 Å². The Bertz CT molecular complexity index is 1270. The van der Waals surface area contributed by atoms with Crippen LogP contribution in [0.1, 0.15) is 11.1 Å². The molecule has 2 aromatic carbocycles. The summed E-state index contributed by atoms with van der Waals surface area (Å²) in [5.74, 6) is -2.26. The van der Waals surface area contributed by atoms with Crippen LogP contribution in [0.3, 0.4) is 0 Å². The summed E-state index contributed by atoms with van der Waals surface area (Å²) >= 11 is 0.958. The van der Waals surface area contributed by atoms with Crippen molar-refractivity contribution in [1.29, 1.82) is 0 Å². The molecule has 0 saturated carbocycles. The minimum Gasteiger partial charge on any atom is -0.206 e. The third-order valence-corrected chi connectivity index (χ3v) is 9.18. The molecule has 1 aromatic heterocycles. The molecule has 12 heteroatoms. The standard InChI is InChI=1S/C18H15F4NO4S3/c1-29(24,25)23(17-11-13-4-2-3-5-16(13)28-17)30(26,27)9-8-12-6-7-15(19)14(10-12)18(20,21)22/h2-7,10-11H,8-9H2,1H3. The fraction of sp³-hybridized carbons (Fsp3) is 0.222. The maximum atomic E-state index is 13.4. The predicted molar refractivity (Wildman–Crippen MR) is 108 cm³/mol. The molecule has 0 atom stereocenters. The van der Waals surface area contributed by atoms with Gasteiger partial charge in [-0.1, -0.05) is 24.3 Å². The molecule has 0 unspecified atom stereocenters. The van der Waals surface area contributed by atoms with Gasteiger partial charge in [-0.3, -0.25) is 0 Å². The molecular weight excluding hydrogens is 466 g/mol. The molecule has 0 radical (unpaired) electrons. The van der Waals surface area contributed by atoms with E-state index in [1.807, 2.05) is 0 Å². The average molecular weight is 482 g/mol. The highest BCUT2D eigenvalue weighted by Gasteiger charge is 2.35. The van der Waals surface area contributed by atoms with E-state index in [0.717, 1.165) is 23.7 Å². The lowest BCUT2D eigenvalue weighted by Gasteiger charge is -2.20. The van der Waals surface area contributed by atoms with Crippen molar-refractivity contribution in [2.24, 2.45) is 0 Å². The van der Waals surface area contributed by atoms with Gasteiger partial charge in [0.15, 0.2) is 0 Å². The number of fused-ring (bicyclic) bond motifs is 1. The number of anilines is 1. The lowest BCUT2D eigenvalue weighted by Crippen LogP contribution is -2.37. The lowest BCUT2D eigenvalue weighted by molar-refractivity contribution is -0.140. The third kappa shape index (κ3) is 4.76. The van der Waals surface area contributed by atoms with Gasteiger partial charge in [0.2, 0.25) is 20.0 Å². The number of nitrogens with zero attached hydrogens (tertiary/aromatic N) is 1. The number of hydrogen-bond donors (Lipinski definition) is 0. The quantitative estimate of drug-likeness (QED) is 0.490. The van der Waals surface area contributed by atoms with Crippen LogP contribution in [0.25, 0.3) is 10.1 Å². The first-order valence-corrected chi connectivity index (χ1v) is 12.6. The molecule has 30 heavy (non-hydrogen) atoms. The van der Waals surface area contributed by atoms with Gasteiger partial charge in [-0.05, 0) is 41.6 Å². The summed E-state index contributed by atoms with van der Waals surface area (Å²) in [4.78, 5) is 0. The van der Waals surface area contributed by atoms with Gasteiger partial charge < -0.3 is 0 Å². The zero-order valence-electron chi connectivity index (χ0n) is 15.3. The van der Waals surface area contributed by atoms with Crippen molar-refractivity contribution in [3.05, 3.63) is 65.5 Å². The summed E-state index contributed by atoms with van der Waals surface area (Å²) in [6.07, 6.45) is -4.63. The molecule has 0 spiro atoms. The van der Waals surface area contributed by atoms with Gasteiger partial charge in [0.25, 0.3) is 0 Å². The average Bonchev–Trinajstić information content (AvgIpc) is 3.01. The Balaban J connectivity index is 1.94. The summed E-state index contributed by atoms with van der Waals surface area (Å²) in [5.41, 5.74) is -1.60. The molecule has 3 rings (SSSR count). The summed E-state index contributed by atoms with van der Waals surface area (Å²) in [5, 5.41) is 0.600. The number of benzene rings is 2. The molecule has 5 nitrogen and oxygen atoms in total. The van der Waals surface area contributed by atoms with Crippen LogP contribution in [0.15, 0.2) is 48.5 Å². The SMILES string of the molecule is CS(=O)(=O)N(c1cc2ccccc2s1)S(=O)(=O)CCc1ccc(F)c(C(F)(F)F)c1. The number of halogens is 4. The smallest absolute Gasteiger partial charge is 0.206 e. The minimum absolute atomic E-state index is 0.0474. The first-order valence-electron chi connectivity index (χ1n) is 8.36. The molecule has 3 aromatic rings. The Morgan fingerprint density at radius 3 is 2.27 bits per heavy atom. The predicted octanol–water partition coefficient (Wildman–Crippen LogP) is 4.40. The maximum Gasteiger partial charge on any atom is 0.419 e. The van der Waals surface area contributed by atoms with Gasteiger partial charge in [-0.2, -0.15) is 16.9 Å². The van der Waals surface area contributed by atoms with Gasteiger partial charge in [-0.15, -0.1) is 11.3 Å². The van der Waals surface area contributed by atoms with E-state index < -0.39 is 49.8 Å². The molecule has 0 fully saturated rings. The molecule has 0 aliphatic carbocycles. The van der Waals surface area contributed by atoms with Crippen molar-refractivity contribution >= 4 is 46.5 Å². The Kier molecular flexibility index (Phi) is 5.87. The molecule has 0 bridgehead atoms. The van der Waals surface area contributed by atoms with E-state index in [2.05, 4.69) is 0 Å². The fourth-order valence-electron chi connectivity index (χ4n) is 2.84. The van der Waals surface area contributed by atoms with Gasteiger partial charge >= 0.3 is 6.18 Å². The van der Waals surface area contributed by atoms with Crippen molar-refractivity contribution in [2.75, 3.05) is 15.7 Å². The molecule has 0 amide bonds. The first-order chi connectivity index (χ1) is 13.8. The number of thiophene rings is 1. The van der Waals surface area contributed by atoms with Crippen molar-refractivity contribution in [3.8, 4) is 0 Å². The monoisotopic (exact) mass is 481 g/mol. The van der Waals surface area contributed by atoms with Gasteiger partial charge in [0, 0.05) is 4.70 Å². The molecule has 0 aliphatic heterocycles. The Morgan fingerprint density at radius 2 is 1.67 bits per heavy atom. The van der Waals surface area contributed by atoms with Crippen LogP contribution in [0.4, 0.5) is 22.6 Å².